The van der Waals surface area contributed by atoms with Gasteiger partial charge in [0.25, 0.3) is 0 Å². The highest BCUT2D eigenvalue weighted by Crippen LogP contribution is 2.18. The topological polar surface area (TPSA) is 68.2 Å². The van der Waals surface area contributed by atoms with Gasteiger partial charge < -0.3 is 10.2 Å². The molecular formula is C12H18N4O. The van der Waals surface area contributed by atoms with Crippen molar-refractivity contribution in [2.24, 2.45) is 0 Å². The van der Waals surface area contributed by atoms with E-state index >= 15 is 0 Å². The molecule has 0 radical (unpaired) electrons. The first-order valence-corrected chi connectivity index (χ1v) is 5.32. The predicted octanol–water partition coefficient (Wildman–Crippen LogP) is 1.92. The number of carbonyl (C=O) groups excluding carboxylic acids is 1. The Hall–Kier alpha value is -2.04. The normalized spacial score (nSPS) is 9.65. The number of carbonyl (C=O) groups is 1. The summed E-state index contributed by atoms with van der Waals surface area (Å²) in [6, 6.07) is 5.40. The second-order valence-electron chi connectivity index (χ2n) is 4.09. The van der Waals surface area contributed by atoms with Gasteiger partial charge in [0.05, 0.1) is 0 Å². The van der Waals surface area contributed by atoms with Crippen LogP contribution in [0.5, 0.6) is 0 Å². The Morgan fingerprint density at radius 2 is 1.76 bits per heavy atom. The van der Waals surface area contributed by atoms with Crippen molar-refractivity contribution in [2.75, 3.05) is 19.4 Å². The number of benzene rings is 1. The van der Waals surface area contributed by atoms with Gasteiger partial charge in [0.1, 0.15) is 0 Å². The maximum Gasteiger partial charge on any atom is 0.326 e. The van der Waals surface area contributed by atoms with E-state index in [-0.39, 0.29) is 5.96 Å². The Labute approximate surface area is 101 Å². The van der Waals surface area contributed by atoms with Crippen LogP contribution >= 0.6 is 0 Å². The average molecular weight is 234 g/mol. The minimum atomic E-state index is -0.402. The van der Waals surface area contributed by atoms with Gasteiger partial charge in [-0.15, -0.1) is 0 Å². The molecule has 0 bridgehead atoms. The van der Waals surface area contributed by atoms with E-state index in [1.807, 2.05) is 32.0 Å². The van der Waals surface area contributed by atoms with Gasteiger partial charge in [-0.1, -0.05) is 18.2 Å². The van der Waals surface area contributed by atoms with Crippen molar-refractivity contribution in [3.63, 3.8) is 0 Å². The standard InChI is InChI=1S/C12H18N4O/c1-8-6-5-7-9(2)10(8)14-12(17)15-11(13)16(3)4/h5-7H,1-4H3,(H3,13,14,15,17). The van der Waals surface area contributed by atoms with Gasteiger partial charge in [-0.3, -0.25) is 10.7 Å². The summed E-state index contributed by atoms with van der Waals surface area (Å²) >= 11 is 0. The summed E-state index contributed by atoms with van der Waals surface area (Å²) in [4.78, 5) is 13.2. The van der Waals surface area contributed by atoms with E-state index in [1.165, 1.54) is 4.90 Å². The van der Waals surface area contributed by atoms with Crippen LogP contribution in [0.4, 0.5) is 10.5 Å². The van der Waals surface area contributed by atoms with Gasteiger partial charge in [-0.25, -0.2) is 4.79 Å². The Morgan fingerprint density at radius 3 is 2.24 bits per heavy atom. The molecule has 2 amide bonds. The van der Waals surface area contributed by atoms with Crippen molar-refractivity contribution in [1.29, 1.82) is 5.41 Å². The number of nitrogens with zero attached hydrogens (tertiary/aromatic N) is 1. The largest absolute Gasteiger partial charge is 0.349 e. The lowest BCUT2D eigenvalue weighted by molar-refractivity contribution is 0.255. The number of hydrogen-bond acceptors (Lipinski definition) is 2. The molecule has 0 aliphatic rings. The number of nitrogens with one attached hydrogen (secondary N) is 3. The van der Waals surface area contributed by atoms with E-state index in [0.717, 1.165) is 16.8 Å². The van der Waals surface area contributed by atoms with Crippen LogP contribution in [0, 0.1) is 19.3 Å². The molecule has 0 atom stereocenters. The van der Waals surface area contributed by atoms with E-state index in [2.05, 4.69) is 10.6 Å². The highest BCUT2D eigenvalue weighted by Gasteiger charge is 2.09. The second kappa shape index (κ2) is 5.34. The maximum absolute atomic E-state index is 11.6. The molecule has 1 aromatic rings. The van der Waals surface area contributed by atoms with Crippen molar-refractivity contribution in [3.8, 4) is 0 Å². The molecule has 0 aliphatic heterocycles. The molecule has 0 heterocycles. The fourth-order valence-corrected chi connectivity index (χ4v) is 1.38. The second-order valence-corrected chi connectivity index (χ2v) is 4.09. The molecule has 0 unspecified atom stereocenters. The van der Waals surface area contributed by atoms with Crippen LogP contribution in [0.2, 0.25) is 0 Å². The Bertz CT molecular complexity index is 420. The Morgan fingerprint density at radius 1 is 1.24 bits per heavy atom. The number of hydrogen-bond donors (Lipinski definition) is 3. The highest BCUT2D eigenvalue weighted by atomic mass is 16.2. The van der Waals surface area contributed by atoms with Crippen molar-refractivity contribution in [1.82, 2.24) is 10.2 Å². The molecule has 5 heteroatoms. The summed E-state index contributed by atoms with van der Waals surface area (Å²) < 4.78 is 0. The zero-order valence-electron chi connectivity index (χ0n) is 10.6. The molecule has 0 aromatic heterocycles. The Kier molecular flexibility index (Phi) is 4.09. The first-order valence-electron chi connectivity index (χ1n) is 5.32. The van der Waals surface area contributed by atoms with Gasteiger partial charge in [0, 0.05) is 19.8 Å². The number of amides is 2. The summed E-state index contributed by atoms with van der Waals surface area (Å²) in [5.74, 6) is 0.0498. The van der Waals surface area contributed by atoms with Gasteiger partial charge in [0.2, 0.25) is 0 Å². The molecule has 5 nitrogen and oxygen atoms in total. The fourth-order valence-electron chi connectivity index (χ4n) is 1.38. The van der Waals surface area contributed by atoms with Crippen molar-refractivity contribution >= 4 is 17.7 Å². The summed E-state index contributed by atoms with van der Waals surface area (Å²) in [5, 5.41) is 12.7. The zero-order valence-corrected chi connectivity index (χ0v) is 10.6. The molecular weight excluding hydrogens is 216 g/mol. The van der Waals surface area contributed by atoms with Crippen molar-refractivity contribution < 1.29 is 4.79 Å². The molecule has 0 saturated heterocycles. The van der Waals surface area contributed by atoms with Crippen molar-refractivity contribution in [3.05, 3.63) is 29.3 Å². The molecule has 3 N–H and O–H groups in total. The Balaban J connectivity index is 2.72. The highest BCUT2D eigenvalue weighted by molar-refractivity contribution is 6.01. The predicted molar refractivity (Wildman–Crippen MR) is 69.5 cm³/mol. The van der Waals surface area contributed by atoms with Crippen LogP contribution < -0.4 is 10.6 Å². The SMILES string of the molecule is Cc1cccc(C)c1NC(=O)NC(=N)N(C)C. The summed E-state index contributed by atoms with van der Waals surface area (Å²) in [5.41, 5.74) is 2.78. The number of aryl methyl sites for hydroxylation is 2. The number of urea groups is 1. The quantitative estimate of drug-likeness (QED) is 0.513. The van der Waals surface area contributed by atoms with E-state index in [9.17, 15) is 4.79 Å². The van der Waals surface area contributed by atoms with Crippen LogP contribution in [-0.2, 0) is 0 Å². The molecule has 0 spiro atoms. The van der Waals surface area contributed by atoms with Crippen LogP contribution in [0.25, 0.3) is 0 Å². The molecule has 0 saturated carbocycles. The van der Waals surface area contributed by atoms with Gasteiger partial charge in [-0.05, 0) is 25.0 Å². The third-order valence-corrected chi connectivity index (χ3v) is 2.40. The van der Waals surface area contributed by atoms with Gasteiger partial charge in [-0.2, -0.15) is 0 Å². The maximum atomic E-state index is 11.6. The van der Waals surface area contributed by atoms with Gasteiger partial charge >= 0.3 is 6.03 Å². The van der Waals surface area contributed by atoms with Gasteiger partial charge in [0.15, 0.2) is 5.96 Å². The summed E-state index contributed by atoms with van der Waals surface area (Å²) in [6.07, 6.45) is 0. The first kappa shape index (κ1) is 13.0. The number of rotatable bonds is 1. The van der Waals surface area contributed by atoms with E-state index in [4.69, 9.17) is 5.41 Å². The molecule has 1 aromatic carbocycles. The van der Waals surface area contributed by atoms with E-state index < -0.39 is 6.03 Å². The summed E-state index contributed by atoms with van der Waals surface area (Å²) in [7, 11) is 3.39. The smallest absolute Gasteiger partial charge is 0.326 e. The summed E-state index contributed by atoms with van der Waals surface area (Å²) in [6.45, 7) is 3.86. The van der Waals surface area contributed by atoms with Crippen molar-refractivity contribution in [2.45, 2.75) is 13.8 Å². The molecule has 0 aliphatic carbocycles. The number of anilines is 1. The third kappa shape index (κ3) is 3.48. The van der Waals surface area contributed by atoms with E-state index in [0.29, 0.717) is 0 Å². The number of guanidine groups is 1. The average Bonchev–Trinajstić information content (AvgIpc) is 2.23. The first-order chi connectivity index (χ1) is 7.91. The lowest BCUT2D eigenvalue weighted by atomic mass is 10.1. The minimum absolute atomic E-state index is 0.0498. The zero-order chi connectivity index (χ0) is 13.0. The molecule has 17 heavy (non-hydrogen) atoms. The minimum Gasteiger partial charge on any atom is -0.349 e. The molecule has 0 fully saturated rings. The third-order valence-electron chi connectivity index (χ3n) is 2.40. The lowest BCUT2D eigenvalue weighted by Crippen LogP contribution is -2.41. The van der Waals surface area contributed by atoms with Crippen LogP contribution in [0.15, 0.2) is 18.2 Å². The van der Waals surface area contributed by atoms with Crippen LogP contribution in [0.1, 0.15) is 11.1 Å². The monoisotopic (exact) mass is 234 g/mol. The lowest BCUT2D eigenvalue weighted by Gasteiger charge is -2.16. The van der Waals surface area contributed by atoms with E-state index in [1.54, 1.807) is 14.1 Å². The van der Waals surface area contributed by atoms with Crippen LogP contribution in [0.3, 0.4) is 0 Å². The van der Waals surface area contributed by atoms with Crippen LogP contribution in [-0.4, -0.2) is 31.0 Å². The molecule has 92 valence electrons. The fraction of sp³-hybridized carbons (Fsp3) is 0.333. The number of para-hydroxylation sites is 1. The molecule has 1 rings (SSSR count).